The lowest BCUT2D eigenvalue weighted by atomic mass is 10.0. The van der Waals surface area contributed by atoms with E-state index in [9.17, 15) is 0 Å². The molecule has 1 atom stereocenters. The topological polar surface area (TPSA) is 28.7 Å². The summed E-state index contributed by atoms with van der Waals surface area (Å²) >= 11 is 4.19. The van der Waals surface area contributed by atoms with Gasteiger partial charge in [-0.2, -0.15) is 5.10 Å². The van der Waals surface area contributed by atoms with E-state index in [4.69, 9.17) is 0 Å². The van der Waals surface area contributed by atoms with Crippen LogP contribution in [0.1, 0.15) is 43.2 Å². The minimum atomic E-state index is 0.383. The van der Waals surface area contributed by atoms with Crippen LogP contribution in [0.3, 0.4) is 0 Å². The highest BCUT2D eigenvalue weighted by Crippen LogP contribution is 2.33. The number of rotatable bonds is 3. The Balaban J connectivity index is 2.91. The van der Waals surface area contributed by atoms with Gasteiger partial charge in [0, 0.05) is 0 Å². The number of hydrogen-bond donors (Lipinski definition) is 2. The number of H-pyrrole nitrogens is 1. The van der Waals surface area contributed by atoms with Gasteiger partial charge in [-0.1, -0.05) is 24.6 Å². The van der Waals surface area contributed by atoms with Gasteiger partial charge in [0.25, 0.3) is 0 Å². The fraction of sp³-hybridized carbons (Fsp3) is 0.625. The van der Waals surface area contributed by atoms with Gasteiger partial charge in [-0.25, -0.2) is 0 Å². The Morgan fingerprint density at radius 3 is 2.67 bits per heavy atom. The normalized spacial score (nSPS) is 13.8. The van der Waals surface area contributed by atoms with Crippen molar-refractivity contribution in [1.29, 1.82) is 0 Å². The van der Waals surface area contributed by atoms with E-state index in [0.29, 0.717) is 11.2 Å². The van der Waals surface area contributed by atoms with Gasteiger partial charge in [0.05, 0.1) is 17.1 Å². The molecule has 68 valence electrons. The third kappa shape index (κ3) is 1.98. The number of hydrogen-bond acceptors (Lipinski definition) is 3. The summed E-state index contributed by atoms with van der Waals surface area (Å²) < 4.78 is 0. The average Bonchev–Trinajstić information content (AvgIpc) is 2.50. The van der Waals surface area contributed by atoms with Crippen LogP contribution in [0.5, 0.6) is 0 Å². The van der Waals surface area contributed by atoms with Gasteiger partial charge in [0.2, 0.25) is 0 Å². The highest BCUT2D eigenvalue weighted by Gasteiger charge is 2.14. The zero-order chi connectivity index (χ0) is 9.14. The SMILES string of the molecule is CC(C)c1cn[nH]c1C(C)SS. The van der Waals surface area contributed by atoms with Crippen molar-refractivity contribution < 1.29 is 0 Å². The van der Waals surface area contributed by atoms with E-state index < -0.39 is 0 Å². The Morgan fingerprint density at radius 2 is 2.17 bits per heavy atom. The van der Waals surface area contributed by atoms with Crippen LogP contribution in [0.2, 0.25) is 0 Å². The van der Waals surface area contributed by atoms with Crippen molar-refractivity contribution in [3.8, 4) is 0 Å². The van der Waals surface area contributed by atoms with Crippen molar-refractivity contribution in [2.24, 2.45) is 0 Å². The first kappa shape index (κ1) is 9.99. The van der Waals surface area contributed by atoms with Crippen LogP contribution in [-0.2, 0) is 0 Å². The van der Waals surface area contributed by atoms with Gasteiger partial charge in [-0.15, -0.1) is 11.7 Å². The molecule has 12 heavy (non-hydrogen) atoms. The molecule has 1 N–H and O–H groups in total. The summed E-state index contributed by atoms with van der Waals surface area (Å²) in [4.78, 5) is 0. The Morgan fingerprint density at radius 1 is 1.50 bits per heavy atom. The second-order valence-corrected chi connectivity index (χ2v) is 4.69. The highest BCUT2D eigenvalue weighted by atomic mass is 33.1. The number of nitrogens with zero attached hydrogens (tertiary/aromatic N) is 1. The van der Waals surface area contributed by atoms with E-state index in [1.807, 2.05) is 6.20 Å². The van der Waals surface area contributed by atoms with Crippen LogP contribution in [0.25, 0.3) is 0 Å². The van der Waals surface area contributed by atoms with E-state index >= 15 is 0 Å². The standard InChI is InChI=1S/C8H14N2S2/c1-5(2)7-4-9-10-8(7)6(3)12-11/h4-6,11H,1-3H3,(H,9,10). The molecule has 0 aliphatic heterocycles. The maximum Gasteiger partial charge on any atom is 0.0540 e. The molecule has 0 aliphatic carbocycles. The molecule has 1 aromatic heterocycles. The lowest BCUT2D eigenvalue weighted by Crippen LogP contribution is -1.94. The molecule has 1 rings (SSSR count). The van der Waals surface area contributed by atoms with Crippen molar-refractivity contribution in [3.63, 3.8) is 0 Å². The molecule has 0 radical (unpaired) electrons. The van der Waals surface area contributed by atoms with Crippen LogP contribution >= 0.6 is 22.5 Å². The summed E-state index contributed by atoms with van der Waals surface area (Å²) in [5.41, 5.74) is 2.49. The molecule has 0 fully saturated rings. The lowest BCUT2D eigenvalue weighted by Gasteiger charge is -2.09. The molecule has 0 amide bonds. The van der Waals surface area contributed by atoms with Crippen molar-refractivity contribution in [2.75, 3.05) is 0 Å². The van der Waals surface area contributed by atoms with Crippen molar-refractivity contribution in [1.82, 2.24) is 10.2 Å². The third-order valence-corrected chi connectivity index (χ3v) is 3.39. The van der Waals surface area contributed by atoms with Gasteiger partial charge in [0.1, 0.15) is 0 Å². The van der Waals surface area contributed by atoms with Gasteiger partial charge >= 0.3 is 0 Å². The van der Waals surface area contributed by atoms with E-state index in [-0.39, 0.29) is 0 Å². The fourth-order valence-electron chi connectivity index (χ4n) is 1.14. The summed E-state index contributed by atoms with van der Waals surface area (Å²) in [6, 6.07) is 0. The maximum absolute atomic E-state index is 4.19. The van der Waals surface area contributed by atoms with Gasteiger partial charge in [-0.3, -0.25) is 5.10 Å². The molecule has 0 aliphatic rings. The molecule has 0 aromatic carbocycles. The van der Waals surface area contributed by atoms with E-state index in [0.717, 1.165) is 0 Å². The second-order valence-electron chi connectivity index (χ2n) is 3.14. The summed E-state index contributed by atoms with van der Waals surface area (Å²) in [5.74, 6) is 0.529. The average molecular weight is 202 g/mol. The molecular formula is C8H14N2S2. The quantitative estimate of drug-likeness (QED) is 0.582. The van der Waals surface area contributed by atoms with Crippen LogP contribution in [0.15, 0.2) is 6.20 Å². The second kappa shape index (κ2) is 4.23. The molecule has 0 saturated carbocycles. The Labute approximate surface area is 82.3 Å². The molecule has 1 unspecified atom stereocenters. The van der Waals surface area contributed by atoms with Crippen LogP contribution in [-0.4, -0.2) is 10.2 Å². The molecule has 0 bridgehead atoms. The van der Waals surface area contributed by atoms with E-state index in [2.05, 4.69) is 42.6 Å². The molecule has 0 spiro atoms. The van der Waals surface area contributed by atoms with Crippen molar-refractivity contribution in [2.45, 2.75) is 31.9 Å². The zero-order valence-electron chi connectivity index (χ0n) is 7.53. The summed E-state index contributed by atoms with van der Waals surface area (Å²) in [5, 5.41) is 7.44. The molecular weight excluding hydrogens is 188 g/mol. The fourth-order valence-corrected chi connectivity index (χ4v) is 1.75. The molecule has 1 aromatic rings. The smallest absolute Gasteiger partial charge is 0.0540 e. The predicted molar refractivity (Wildman–Crippen MR) is 57.7 cm³/mol. The number of nitrogens with one attached hydrogen (secondary N) is 1. The molecule has 2 nitrogen and oxygen atoms in total. The zero-order valence-corrected chi connectivity index (χ0v) is 9.25. The first-order chi connectivity index (χ1) is 5.66. The number of aromatic nitrogens is 2. The Kier molecular flexibility index (Phi) is 3.53. The lowest BCUT2D eigenvalue weighted by molar-refractivity contribution is 0.837. The summed E-state index contributed by atoms with van der Waals surface area (Å²) in [6.07, 6.45) is 1.90. The highest BCUT2D eigenvalue weighted by molar-refractivity contribution is 8.68. The largest absolute Gasteiger partial charge is 0.281 e. The van der Waals surface area contributed by atoms with Gasteiger partial charge in [0.15, 0.2) is 0 Å². The van der Waals surface area contributed by atoms with Gasteiger partial charge in [-0.05, 0) is 18.4 Å². The van der Waals surface area contributed by atoms with Crippen molar-refractivity contribution >= 4 is 22.5 Å². The van der Waals surface area contributed by atoms with Gasteiger partial charge < -0.3 is 0 Å². The maximum atomic E-state index is 4.19. The Bertz CT molecular complexity index is 245. The van der Waals surface area contributed by atoms with Crippen molar-refractivity contribution in [3.05, 3.63) is 17.5 Å². The van der Waals surface area contributed by atoms with Crippen LogP contribution < -0.4 is 0 Å². The monoisotopic (exact) mass is 202 g/mol. The first-order valence-corrected chi connectivity index (χ1v) is 5.93. The van der Waals surface area contributed by atoms with Crippen LogP contribution in [0.4, 0.5) is 0 Å². The molecule has 4 heteroatoms. The van der Waals surface area contributed by atoms with E-state index in [1.54, 1.807) is 0 Å². The summed E-state index contributed by atoms with van der Waals surface area (Å²) in [7, 11) is 1.54. The third-order valence-electron chi connectivity index (χ3n) is 1.89. The summed E-state index contributed by atoms with van der Waals surface area (Å²) in [6.45, 7) is 6.46. The van der Waals surface area contributed by atoms with Crippen LogP contribution in [0, 0.1) is 0 Å². The molecule has 1 heterocycles. The minimum Gasteiger partial charge on any atom is -0.281 e. The Hall–Kier alpha value is -0.0900. The number of thiol groups is 1. The predicted octanol–water partition coefficient (Wildman–Crippen LogP) is 3.17. The first-order valence-electron chi connectivity index (χ1n) is 4.00. The van der Waals surface area contributed by atoms with E-state index in [1.165, 1.54) is 22.1 Å². The molecule has 0 saturated heterocycles. The minimum absolute atomic E-state index is 0.383. The number of aromatic amines is 1.